The summed E-state index contributed by atoms with van der Waals surface area (Å²) in [4.78, 5) is 8.00. The van der Waals surface area contributed by atoms with Crippen LogP contribution in [0.5, 0.6) is 0 Å². The lowest BCUT2D eigenvalue weighted by molar-refractivity contribution is 0.781. The first-order chi connectivity index (χ1) is 7.74. The van der Waals surface area contributed by atoms with E-state index < -0.39 is 0 Å². The Kier molecular flexibility index (Phi) is 2.85. The van der Waals surface area contributed by atoms with Crippen molar-refractivity contribution in [3.05, 3.63) is 24.3 Å². The molecule has 5 nitrogen and oxygen atoms in total. The topological polar surface area (TPSA) is 69.6 Å². The van der Waals surface area contributed by atoms with Gasteiger partial charge in [-0.3, -0.25) is 4.68 Å². The molecule has 2 aromatic heterocycles. The molecule has 0 aromatic carbocycles. The van der Waals surface area contributed by atoms with Gasteiger partial charge in [0.2, 0.25) is 0 Å². The van der Waals surface area contributed by atoms with Crippen LogP contribution in [0.2, 0.25) is 0 Å². The zero-order chi connectivity index (χ0) is 11.5. The average Bonchev–Trinajstić information content (AvgIpc) is 2.59. The van der Waals surface area contributed by atoms with E-state index >= 15 is 0 Å². The first-order valence-corrected chi connectivity index (χ1v) is 5.30. The van der Waals surface area contributed by atoms with Crippen molar-refractivity contribution in [3.8, 4) is 11.3 Å². The first kappa shape index (κ1) is 10.6. The van der Waals surface area contributed by atoms with Gasteiger partial charge < -0.3 is 5.73 Å². The average molecular weight is 217 g/mol. The van der Waals surface area contributed by atoms with Crippen LogP contribution in [0.1, 0.15) is 18.9 Å². The largest absolute Gasteiger partial charge is 0.384 e. The van der Waals surface area contributed by atoms with Crippen LogP contribution in [0.15, 0.2) is 18.7 Å². The first-order valence-electron chi connectivity index (χ1n) is 5.30. The zero-order valence-corrected chi connectivity index (χ0v) is 9.51. The van der Waals surface area contributed by atoms with E-state index in [2.05, 4.69) is 22.0 Å². The summed E-state index contributed by atoms with van der Waals surface area (Å²) < 4.78 is 1.70. The number of hydrogen-bond acceptors (Lipinski definition) is 4. The van der Waals surface area contributed by atoms with E-state index in [4.69, 9.17) is 5.73 Å². The van der Waals surface area contributed by atoms with Crippen molar-refractivity contribution < 1.29 is 0 Å². The van der Waals surface area contributed by atoms with Gasteiger partial charge in [0, 0.05) is 30.6 Å². The lowest BCUT2D eigenvalue weighted by atomic mass is 10.1. The van der Waals surface area contributed by atoms with Crippen LogP contribution in [-0.2, 0) is 13.5 Å². The number of aryl methyl sites for hydroxylation is 1. The second-order valence-corrected chi connectivity index (χ2v) is 3.71. The van der Waals surface area contributed by atoms with Crippen LogP contribution in [0.25, 0.3) is 11.3 Å². The van der Waals surface area contributed by atoms with Gasteiger partial charge in [-0.1, -0.05) is 13.3 Å². The van der Waals surface area contributed by atoms with Crippen molar-refractivity contribution >= 4 is 5.82 Å². The highest BCUT2D eigenvalue weighted by atomic mass is 15.3. The van der Waals surface area contributed by atoms with E-state index in [1.165, 1.54) is 6.33 Å². The molecule has 16 heavy (non-hydrogen) atoms. The summed E-state index contributed by atoms with van der Waals surface area (Å²) in [6, 6.07) is 0. The molecule has 0 saturated heterocycles. The molecule has 0 bridgehead atoms. The van der Waals surface area contributed by atoms with E-state index in [0.29, 0.717) is 0 Å². The summed E-state index contributed by atoms with van der Waals surface area (Å²) in [5.41, 5.74) is 8.88. The molecule has 84 valence electrons. The van der Waals surface area contributed by atoms with Gasteiger partial charge in [0.25, 0.3) is 0 Å². The highest BCUT2D eigenvalue weighted by Crippen LogP contribution is 2.26. The quantitative estimate of drug-likeness (QED) is 0.844. The summed E-state index contributed by atoms with van der Waals surface area (Å²) in [7, 11) is 1.85. The van der Waals surface area contributed by atoms with E-state index in [1.807, 2.05) is 7.05 Å². The highest BCUT2D eigenvalue weighted by molar-refractivity contribution is 5.67. The molecular formula is C11H15N5. The number of nitrogens with two attached hydrogens (primary N) is 1. The van der Waals surface area contributed by atoms with E-state index in [1.54, 1.807) is 17.1 Å². The monoisotopic (exact) mass is 217 g/mol. The van der Waals surface area contributed by atoms with E-state index in [0.717, 1.165) is 35.5 Å². The third kappa shape index (κ3) is 1.76. The molecule has 2 rings (SSSR count). The van der Waals surface area contributed by atoms with Crippen LogP contribution in [-0.4, -0.2) is 19.7 Å². The summed E-state index contributed by atoms with van der Waals surface area (Å²) in [5.74, 6) is 0.723. The van der Waals surface area contributed by atoms with E-state index in [-0.39, 0.29) is 0 Å². The van der Waals surface area contributed by atoms with Gasteiger partial charge in [-0.15, -0.1) is 0 Å². The number of hydrogen-bond donors (Lipinski definition) is 1. The van der Waals surface area contributed by atoms with Crippen LogP contribution < -0.4 is 5.73 Å². The fraction of sp³-hybridized carbons (Fsp3) is 0.364. The number of aromatic nitrogens is 4. The molecule has 0 fully saturated rings. The van der Waals surface area contributed by atoms with Crippen molar-refractivity contribution in [1.29, 1.82) is 0 Å². The number of nitrogen functional groups attached to an aromatic ring is 1. The molecule has 5 heteroatoms. The molecule has 2 aromatic rings. The molecule has 0 aliphatic carbocycles. The van der Waals surface area contributed by atoms with Gasteiger partial charge in [0.05, 0.1) is 0 Å². The van der Waals surface area contributed by atoms with Crippen LogP contribution in [0, 0.1) is 0 Å². The predicted molar refractivity (Wildman–Crippen MR) is 62.6 cm³/mol. The van der Waals surface area contributed by atoms with Crippen LogP contribution in [0.3, 0.4) is 0 Å². The Morgan fingerprint density at radius 3 is 2.62 bits per heavy atom. The fourth-order valence-corrected chi connectivity index (χ4v) is 1.73. The molecule has 0 unspecified atom stereocenters. The Hall–Kier alpha value is -1.91. The second-order valence-electron chi connectivity index (χ2n) is 3.71. The minimum absolute atomic E-state index is 0.723. The maximum atomic E-state index is 5.99. The summed E-state index contributed by atoms with van der Waals surface area (Å²) in [6.07, 6.45) is 6.98. The molecule has 0 radical (unpaired) electrons. The fourth-order valence-electron chi connectivity index (χ4n) is 1.73. The minimum Gasteiger partial charge on any atom is -0.384 e. The molecule has 2 heterocycles. The standard InChI is InChI=1S/C11H15N5/c1-3-4-9-10(15-16(2)11(9)12)8-5-13-7-14-6-8/h5-7H,3-4,12H2,1-2H3. The molecule has 0 aliphatic heterocycles. The Labute approximate surface area is 94.3 Å². The third-order valence-corrected chi connectivity index (χ3v) is 2.53. The summed E-state index contributed by atoms with van der Waals surface area (Å²) >= 11 is 0. The Balaban J connectivity index is 2.52. The van der Waals surface area contributed by atoms with Gasteiger partial charge in [-0.2, -0.15) is 5.10 Å². The molecular weight excluding hydrogens is 202 g/mol. The Bertz CT molecular complexity index is 475. The predicted octanol–water partition coefficient (Wildman–Crippen LogP) is 1.41. The third-order valence-electron chi connectivity index (χ3n) is 2.53. The van der Waals surface area contributed by atoms with Gasteiger partial charge >= 0.3 is 0 Å². The zero-order valence-electron chi connectivity index (χ0n) is 9.51. The molecule has 0 saturated carbocycles. The molecule has 0 aliphatic rings. The number of nitrogens with zero attached hydrogens (tertiary/aromatic N) is 4. The SMILES string of the molecule is CCCc1c(-c2cncnc2)nn(C)c1N. The number of anilines is 1. The van der Waals surface area contributed by atoms with Crippen molar-refractivity contribution in [2.45, 2.75) is 19.8 Å². The van der Waals surface area contributed by atoms with Crippen LogP contribution in [0.4, 0.5) is 5.82 Å². The second kappa shape index (κ2) is 4.30. The van der Waals surface area contributed by atoms with Gasteiger partial charge in [-0.05, 0) is 6.42 Å². The Morgan fingerprint density at radius 2 is 2.00 bits per heavy atom. The van der Waals surface area contributed by atoms with E-state index in [9.17, 15) is 0 Å². The summed E-state index contributed by atoms with van der Waals surface area (Å²) in [5, 5.41) is 4.41. The van der Waals surface area contributed by atoms with Crippen molar-refractivity contribution in [2.24, 2.45) is 7.05 Å². The lowest BCUT2D eigenvalue weighted by Crippen LogP contribution is -1.99. The molecule has 0 spiro atoms. The molecule has 0 amide bonds. The minimum atomic E-state index is 0.723. The maximum absolute atomic E-state index is 5.99. The highest BCUT2D eigenvalue weighted by Gasteiger charge is 2.14. The lowest BCUT2D eigenvalue weighted by Gasteiger charge is -2.00. The van der Waals surface area contributed by atoms with Crippen molar-refractivity contribution in [3.63, 3.8) is 0 Å². The number of rotatable bonds is 3. The van der Waals surface area contributed by atoms with Gasteiger partial charge in [0.15, 0.2) is 0 Å². The maximum Gasteiger partial charge on any atom is 0.125 e. The van der Waals surface area contributed by atoms with Crippen molar-refractivity contribution in [1.82, 2.24) is 19.7 Å². The molecule has 2 N–H and O–H groups in total. The van der Waals surface area contributed by atoms with Gasteiger partial charge in [-0.25, -0.2) is 9.97 Å². The normalized spacial score (nSPS) is 10.6. The van der Waals surface area contributed by atoms with Gasteiger partial charge in [0.1, 0.15) is 17.8 Å². The smallest absolute Gasteiger partial charge is 0.125 e. The summed E-state index contributed by atoms with van der Waals surface area (Å²) in [6.45, 7) is 2.12. The van der Waals surface area contributed by atoms with Crippen LogP contribution >= 0.6 is 0 Å². The van der Waals surface area contributed by atoms with Crippen molar-refractivity contribution in [2.75, 3.05) is 5.73 Å². The Morgan fingerprint density at radius 1 is 1.31 bits per heavy atom. The molecule has 0 atom stereocenters.